The van der Waals surface area contributed by atoms with Crippen molar-refractivity contribution in [3.05, 3.63) is 30.5 Å². The molecule has 0 saturated carbocycles. The van der Waals surface area contributed by atoms with Crippen LogP contribution in [0, 0.1) is 0 Å². The first kappa shape index (κ1) is 17.0. The van der Waals surface area contributed by atoms with Gasteiger partial charge in [0.2, 0.25) is 0 Å². The molecule has 1 aliphatic rings. The van der Waals surface area contributed by atoms with E-state index < -0.39 is 0 Å². The number of aromatic nitrogens is 2. The minimum Gasteiger partial charge on any atom is -0.301 e. The fraction of sp³-hybridized carbons (Fsp3) is 0.611. The van der Waals surface area contributed by atoms with Crippen LogP contribution in [0.15, 0.2) is 30.5 Å². The van der Waals surface area contributed by atoms with Crippen molar-refractivity contribution in [2.24, 2.45) is 7.05 Å². The number of aryl methyl sites for hydroxylation is 1. The summed E-state index contributed by atoms with van der Waals surface area (Å²) in [4.78, 5) is 5.13. The molecule has 0 spiro atoms. The van der Waals surface area contributed by atoms with Gasteiger partial charge in [-0.1, -0.05) is 32.0 Å². The summed E-state index contributed by atoms with van der Waals surface area (Å²) in [5, 5.41) is 5.31. The number of nitrogens with zero attached hydrogens (tertiary/aromatic N) is 4. The number of piperazine rings is 1. The van der Waals surface area contributed by atoms with Gasteiger partial charge in [-0.2, -0.15) is 5.10 Å². The Morgan fingerprint density at radius 2 is 1.77 bits per heavy atom. The van der Waals surface area contributed by atoms with Gasteiger partial charge in [0, 0.05) is 44.7 Å². The largest absolute Gasteiger partial charge is 0.301 e. The third-order valence-corrected chi connectivity index (χ3v) is 4.72. The van der Waals surface area contributed by atoms with Crippen molar-refractivity contribution < 1.29 is 0 Å². The van der Waals surface area contributed by atoms with Crippen molar-refractivity contribution in [1.29, 1.82) is 0 Å². The Balaban J connectivity index is 0.000000162. The van der Waals surface area contributed by atoms with E-state index in [0.717, 1.165) is 6.04 Å². The molecule has 4 heteroatoms. The van der Waals surface area contributed by atoms with Crippen LogP contribution in [0.4, 0.5) is 0 Å². The second-order valence-electron chi connectivity index (χ2n) is 6.05. The van der Waals surface area contributed by atoms with Crippen LogP contribution in [0.2, 0.25) is 0 Å². The molecule has 1 saturated heterocycles. The van der Waals surface area contributed by atoms with Crippen molar-refractivity contribution in [3.8, 4) is 0 Å². The highest BCUT2D eigenvalue weighted by molar-refractivity contribution is 5.78. The van der Waals surface area contributed by atoms with Gasteiger partial charge in [0.15, 0.2) is 0 Å². The summed E-state index contributed by atoms with van der Waals surface area (Å²) in [6, 6.07) is 8.93. The molecule has 1 atom stereocenters. The van der Waals surface area contributed by atoms with Crippen LogP contribution in [-0.2, 0) is 7.05 Å². The molecule has 2 aromatic rings. The van der Waals surface area contributed by atoms with Crippen molar-refractivity contribution in [2.45, 2.75) is 33.2 Å². The standard InChI is InChI=1S/C10H22N2.C8H8N2/c1-4-10(3)12-8-6-11(5-2)7-9-12;1-10-8-5-3-2-4-7(8)6-9-10/h10H,4-9H2,1-3H3;2-6H,1H3. The van der Waals surface area contributed by atoms with Gasteiger partial charge in [-0.15, -0.1) is 0 Å². The van der Waals surface area contributed by atoms with E-state index in [9.17, 15) is 0 Å². The first-order chi connectivity index (χ1) is 10.7. The van der Waals surface area contributed by atoms with Crippen LogP contribution in [0.5, 0.6) is 0 Å². The maximum Gasteiger partial charge on any atom is 0.0679 e. The van der Waals surface area contributed by atoms with Gasteiger partial charge in [-0.25, -0.2) is 0 Å². The molecule has 1 fully saturated rings. The molecular weight excluding hydrogens is 272 g/mol. The topological polar surface area (TPSA) is 24.3 Å². The fourth-order valence-electron chi connectivity index (χ4n) is 2.88. The maximum absolute atomic E-state index is 4.11. The zero-order valence-corrected chi connectivity index (χ0v) is 14.5. The smallest absolute Gasteiger partial charge is 0.0679 e. The Morgan fingerprint density at radius 3 is 2.36 bits per heavy atom. The predicted octanol–water partition coefficient (Wildman–Crippen LogP) is 3.00. The number of benzene rings is 1. The Hall–Kier alpha value is -1.39. The monoisotopic (exact) mass is 302 g/mol. The van der Waals surface area contributed by atoms with Crippen LogP contribution in [0.3, 0.4) is 0 Å². The summed E-state index contributed by atoms with van der Waals surface area (Å²) in [5.41, 5.74) is 1.18. The van der Waals surface area contributed by atoms with Gasteiger partial charge >= 0.3 is 0 Å². The van der Waals surface area contributed by atoms with Crippen LogP contribution in [0.25, 0.3) is 10.9 Å². The minimum atomic E-state index is 0.781. The second kappa shape index (κ2) is 8.30. The summed E-state index contributed by atoms with van der Waals surface area (Å²) < 4.78 is 1.87. The third-order valence-electron chi connectivity index (χ3n) is 4.72. The fourth-order valence-corrected chi connectivity index (χ4v) is 2.88. The maximum atomic E-state index is 4.11. The molecule has 1 aromatic carbocycles. The van der Waals surface area contributed by atoms with E-state index in [2.05, 4.69) is 47.8 Å². The number of hydrogen-bond donors (Lipinski definition) is 0. The molecule has 0 aliphatic carbocycles. The van der Waals surface area contributed by atoms with E-state index in [4.69, 9.17) is 0 Å². The van der Waals surface area contributed by atoms with Gasteiger partial charge < -0.3 is 4.90 Å². The van der Waals surface area contributed by atoms with E-state index in [1.54, 1.807) is 0 Å². The molecule has 0 radical (unpaired) electrons. The SMILES string of the molecule is CCC(C)N1CCN(CC)CC1.Cn1ncc2ccccc21. The van der Waals surface area contributed by atoms with Gasteiger partial charge in [0.1, 0.15) is 0 Å². The number of rotatable bonds is 3. The van der Waals surface area contributed by atoms with Crippen LogP contribution < -0.4 is 0 Å². The summed E-state index contributed by atoms with van der Waals surface area (Å²) in [6.45, 7) is 13.1. The summed E-state index contributed by atoms with van der Waals surface area (Å²) in [6.07, 6.45) is 3.15. The van der Waals surface area contributed by atoms with Crippen LogP contribution >= 0.6 is 0 Å². The first-order valence-electron chi connectivity index (χ1n) is 8.48. The van der Waals surface area contributed by atoms with E-state index in [0.29, 0.717) is 0 Å². The highest BCUT2D eigenvalue weighted by atomic mass is 15.3. The average Bonchev–Trinajstić information content (AvgIpc) is 2.96. The van der Waals surface area contributed by atoms with Crippen molar-refractivity contribution in [2.75, 3.05) is 32.7 Å². The predicted molar refractivity (Wildman–Crippen MR) is 94.2 cm³/mol. The molecule has 1 aliphatic heterocycles. The van der Waals surface area contributed by atoms with Gasteiger partial charge in [0.25, 0.3) is 0 Å². The molecule has 122 valence electrons. The number of fused-ring (bicyclic) bond motifs is 1. The van der Waals surface area contributed by atoms with Crippen molar-refractivity contribution in [3.63, 3.8) is 0 Å². The Kier molecular flexibility index (Phi) is 6.40. The lowest BCUT2D eigenvalue weighted by Crippen LogP contribution is -2.49. The zero-order valence-electron chi connectivity index (χ0n) is 14.5. The summed E-state index contributed by atoms with van der Waals surface area (Å²) in [5.74, 6) is 0. The molecule has 0 N–H and O–H groups in total. The van der Waals surface area contributed by atoms with Gasteiger partial charge in [-0.05, 0) is 26.0 Å². The molecule has 1 aromatic heterocycles. The lowest BCUT2D eigenvalue weighted by Gasteiger charge is -2.37. The van der Waals surface area contributed by atoms with E-state index >= 15 is 0 Å². The van der Waals surface area contributed by atoms with Gasteiger partial charge in [0.05, 0.1) is 11.7 Å². The molecule has 2 heterocycles. The summed E-state index contributed by atoms with van der Waals surface area (Å²) >= 11 is 0. The van der Waals surface area contributed by atoms with Crippen LogP contribution in [0.1, 0.15) is 27.2 Å². The molecule has 4 nitrogen and oxygen atoms in total. The Bertz CT molecular complexity index is 555. The quantitative estimate of drug-likeness (QED) is 0.871. The molecule has 3 rings (SSSR count). The van der Waals surface area contributed by atoms with E-state index in [-0.39, 0.29) is 0 Å². The highest BCUT2D eigenvalue weighted by Gasteiger charge is 2.18. The number of para-hydroxylation sites is 1. The normalized spacial score (nSPS) is 18.0. The lowest BCUT2D eigenvalue weighted by atomic mass is 10.2. The highest BCUT2D eigenvalue weighted by Crippen LogP contribution is 2.10. The summed E-state index contributed by atoms with van der Waals surface area (Å²) in [7, 11) is 1.95. The minimum absolute atomic E-state index is 0.781. The van der Waals surface area contributed by atoms with Crippen molar-refractivity contribution in [1.82, 2.24) is 19.6 Å². The van der Waals surface area contributed by atoms with Crippen LogP contribution in [-0.4, -0.2) is 58.3 Å². The van der Waals surface area contributed by atoms with E-state index in [1.165, 1.54) is 50.0 Å². The number of likely N-dealkylation sites (N-methyl/N-ethyl adjacent to an activating group) is 1. The molecular formula is C18H30N4. The van der Waals surface area contributed by atoms with E-state index in [1.807, 2.05) is 30.1 Å². The van der Waals surface area contributed by atoms with Gasteiger partial charge in [-0.3, -0.25) is 9.58 Å². The lowest BCUT2D eigenvalue weighted by molar-refractivity contribution is 0.104. The molecule has 0 bridgehead atoms. The zero-order chi connectivity index (χ0) is 15.9. The first-order valence-corrected chi connectivity index (χ1v) is 8.48. The third kappa shape index (κ3) is 4.31. The molecule has 0 amide bonds. The molecule has 1 unspecified atom stereocenters. The Morgan fingerprint density at radius 1 is 1.09 bits per heavy atom. The molecule has 22 heavy (non-hydrogen) atoms. The number of hydrogen-bond acceptors (Lipinski definition) is 3. The average molecular weight is 302 g/mol. The second-order valence-corrected chi connectivity index (χ2v) is 6.05. The Labute approximate surface area is 134 Å². The van der Waals surface area contributed by atoms with Crippen molar-refractivity contribution >= 4 is 10.9 Å².